The average Bonchev–Trinajstić information content (AvgIpc) is 2.88. The number of rotatable bonds is 4. The molecule has 106 valence electrons. The number of benzene rings is 1. The molecule has 1 heterocycles. The van der Waals surface area contributed by atoms with Gasteiger partial charge in [-0.3, -0.25) is 0 Å². The number of hydrogen-bond donors (Lipinski definition) is 1. The lowest BCUT2D eigenvalue weighted by molar-refractivity contribution is -0.137. The average molecular weight is 273 g/mol. The molecule has 0 saturated carbocycles. The number of halogens is 3. The van der Waals surface area contributed by atoms with Gasteiger partial charge >= 0.3 is 6.18 Å². The molecule has 2 unspecified atom stereocenters. The lowest BCUT2D eigenvalue weighted by Gasteiger charge is -2.16. The van der Waals surface area contributed by atoms with Crippen molar-refractivity contribution in [2.75, 3.05) is 6.61 Å². The van der Waals surface area contributed by atoms with Gasteiger partial charge in [-0.2, -0.15) is 13.2 Å². The van der Waals surface area contributed by atoms with E-state index in [0.29, 0.717) is 0 Å². The molecule has 2 atom stereocenters. The van der Waals surface area contributed by atoms with E-state index in [2.05, 4.69) is 0 Å². The molecule has 2 rings (SSSR count). The van der Waals surface area contributed by atoms with Crippen LogP contribution in [-0.4, -0.2) is 12.7 Å². The van der Waals surface area contributed by atoms with E-state index in [9.17, 15) is 13.2 Å². The molecule has 0 bridgehead atoms. The van der Waals surface area contributed by atoms with Crippen LogP contribution in [0.25, 0.3) is 0 Å². The predicted molar refractivity (Wildman–Crippen MR) is 66.6 cm³/mol. The molecule has 1 aliphatic rings. The third-order valence-electron chi connectivity index (χ3n) is 3.49. The summed E-state index contributed by atoms with van der Waals surface area (Å²) < 4.78 is 42.8. The second-order valence-corrected chi connectivity index (χ2v) is 4.94. The van der Waals surface area contributed by atoms with Gasteiger partial charge in [-0.15, -0.1) is 0 Å². The van der Waals surface area contributed by atoms with Gasteiger partial charge in [-0.1, -0.05) is 12.1 Å². The summed E-state index contributed by atoms with van der Waals surface area (Å²) in [6.45, 7) is 0.806. The Labute approximate surface area is 110 Å². The summed E-state index contributed by atoms with van der Waals surface area (Å²) in [5.74, 6) is 0. The van der Waals surface area contributed by atoms with Gasteiger partial charge < -0.3 is 10.5 Å². The Hall–Kier alpha value is -1.07. The molecular formula is C14H18F3NO. The van der Waals surface area contributed by atoms with Crippen molar-refractivity contribution in [3.63, 3.8) is 0 Å². The first-order valence-electron chi connectivity index (χ1n) is 6.51. The van der Waals surface area contributed by atoms with Gasteiger partial charge in [-0.25, -0.2) is 0 Å². The Morgan fingerprint density at radius 1 is 1.26 bits per heavy atom. The van der Waals surface area contributed by atoms with Gasteiger partial charge in [0, 0.05) is 12.6 Å². The minimum absolute atomic E-state index is 0.230. The Kier molecular flexibility index (Phi) is 4.47. The van der Waals surface area contributed by atoms with E-state index in [-0.39, 0.29) is 12.1 Å². The van der Waals surface area contributed by atoms with Crippen LogP contribution < -0.4 is 5.73 Å². The molecule has 0 aliphatic carbocycles. The molecule has 0 spiro atoms. The summed E-state index contributed by atoms with van der Waals surface area (Å²) in [5.41, 5.74) is 6.10. The van der Waals surface area contributed by atoms with Crippen LogP contribution in [0.5, 0.6) is 0 Å². The normalized spacial score (nSPS) is 21.6. The lowest BCUT2D eigenvalue weighted by Crippen LogP contribution is -2.15. The third-order valence-corrected chi connectivity index (χ3v) is 3.49. The second-order valence-electron chi connectivity index (χ2n) is 4.94. The SMILES string of the molecule is NC(CCC1CCCO1)c1ccc(C(F)(F)F)cc1. The lowest BCUT2D eigenvalue weighted by atomic mass is 9.99. The largest absolute Gasteiger partial charge is 0.416 e. The van der Waals surface area contributed by atoms with Crippen molar-refractivity contribution in [2.24, 2.45) is 5.73 Å². The summed E-state index contributed by atoms with van der Waals surface area (Å²) in [6.07, 6.45) is -0.293. The molecule has 1 saturated heterocycles. The standard InChI is InChI=1S/C14H18F3NO/c15-14(16,17)11-5-3-10(4-6-11)13(18)8-7-12-2-1-9-19-12/h3-6,12-13H,1-2,7-9,18H2. The second kappa shape index (κ2) is 5.92. The summed E-state index contributed by atoms with van der Waals surface area (Å²) >= 11 is 0. The van der Waals surface area contributed by atoms with Crippen LogP contribution in [0.15, 0.2) is 24.3 Å². The fourth-order valence-electron chi connectivity index (χ4n) is 2.32. The molecule has 1 fully saturated rings. The topological polar surface area (TPSA) is 35.2 Å². The first kappa shape index (κ1) is 14.3. The van der Waals surface area contributed by atoms with Crippen molar-refractivity contribution in [1.82, 2.24) is 0 Å². The summed E-state index contributed by atoms with van der Waals surface area (Å²) in [5, 5.41) is 0. The van der Waals surface area contributed by atoms with Crippen LogP contribution in [-0.2, 0) is 10.9 Å². The van der Waals surface area contributed by atoms with Gasteiger partial charge in [0.15, 0.2) is 0 Å². The molecule has 2 N–H and O–H groups in total. The van der Waals surface area contributed by atoms with E-state index in [1.54, 1.807) is 0 Å². The molecule has 0 aromatic heterocycles. The Morgan fingerprint density at radius 3 is 2.47 bits per heavy atom. The Bertz CT molecular complexity index is 396. The van der Waals surface area contributed by atoms with Gasteiger partial charge in [0.05, 0.1) is 11.7 Å². The maximum Gasteiger partial charge on any atom is 0.416 e. The first-order valence-corrected chi connectivity index (χ1v) is 6.51. The summed E-state index contributed by atoms with van der Waals surface area (Å²) in [4.78, 5) is 0. The molecule has 0 radical (unpaired) electrons. The van der Waals surface area contributed by atoms with Crippen molar-refractivity contribution in [3.8, 4) is 0 Å². The van der Waals surface area contributed by atoms with Gasteiger partial charge in [0.1, 0.15) is 0 Å². The highest BCUT2D eigenvalue weighted by atomic mass is 19.4. The van der Waals surface area contributed by atoms with Gasteiger partial charge in [-0.05, 0) is 43.4 Å². The van der Waals surface area contributed by atoms with Crippen molar-refractivity contribution in [1.29, 1.82) is 0 Å². The minimum atomic E-state index is -4.29. The molecule has 1 aromatic carbocycles. The zero-order chi connectivity index (χ0) is 13.9. The fraction of sp³-hybridized carbons (Fsp3) is 0.571. The molecule has 1 aromatic rings. The minimum Gasteiger partial charge on any atom is -0.378 e. The zero-order valence-electron chi connectivity index (χ0n) is 10.6. The van der Waals surface area contributed by atoms with Crippen molar-refractivity contribution in [2.45, 2.75) is 44.0 Å². The van der Waals surface area contributed by atoms with E-state index in [4.69, 9.17) is 10.5 Å². The van der Waals surface area contributed by atoms with E-state index in [0.717, 1.165) is 50.0 Å². The summed E-state index contributed by atoms with van der Waals surface area (Å²) in [6, 6.07) is 4.86. The first-order chi connectivity index (χ1) is 8.97. The van der Waals surface area contributed by atoms with Crippen LogP contribution in [0, 0.1) is 0 Å². The molecule has 0 amide bonds. The Morgan fingerprint density at radius 2 is 1.95 bits per heavy atom. The van der Waals surface area contributed by atoms with E-state index < -0.39 is 11.7 Å². The highest BCUT2D eigenvalue weighted by molar-refractivity contribution is 5.26. The third kappa shape index (κ3) is 3.94. The van der Waals surface area contributed by atoms with Crippen LogP contribution in [0.2, 0.25) is 0 Å². The van der Waals surface area contributed by atoms with Crippen LogP contribution in [0.1, 0.15) is 42.9 Å². The quantitative estimate of drug-likeness (QED) is 0.908. The maximum absolute atomic E-state index is 12.4. The van der Waals surface area contributed by atoms with Crippen LogP contribution in [0.4, 0.5) is 13.2 Å². The fourth-order valence-corrected chi connectivity index (χ4v) is 2.32. The predicted octanol–water partition coefficient (Wildman–Crippen LogP) is 3.66. The maximum atomic E-state index is 12.4. The van der Waals surface area contributed by atoms with E-state index in [1.165, 1.54) is 12.1 Å². The van der Waals surface area contributed by atoms with Crippen LogP contribution in [0.3, 0.4) is 0 Å². The van der Waals surface area contributed by atoms with Crippen LogP contribution >= 0.6 is 0 Å². The summed E-state index contributed by atoms with van der Waals surface area (Å²) in [7, 11) is 0. The highest BCUT2D eigenvalue weighted by Gasteiger charge is 2.30. The molecular weight excluding hydrogens is 255 g/mol. The molecule has 5 heteroatoms. The van der Waals surface area contributed by atoms with Gasteiger partial charge in [0.2, 0.25) is 0 Å². The molecule has 2 nitrogen and oxygen atoms in total. The molecule has 19 heavy (non-hydrogen) atoms. The monoisotopic (exact) mass is 273 g/mol. The Balaban J connectivity index is 1.89. The number of hydrogen-bond acceptors (Lipinski definition) is 2. The smallest absolute Gasteiger partial charge is 0.378 e. The number of nitrogens with two attached hydrogens (primary N) is 1. The molecule has 1 aliphatic heterocycles. The zero-order valence-corrected chi connectivity index (χ0v) is 10.6. The van der Waals surface area contributed by atoms with Crippen molar-refractivity contribution >= 4 is 0 Å². The van der Waals surface area contributed by atoms with Crippen molar-refractivity contribution in [3.05, 3.63) is 35.4 Å². The van der Waals surface area contributed by atoms with E-state index >= 15 is 0 Å². The number of alkyl halides is 3. The van der Waals surface area contributed by atoms with E-state index in [1.807, 2.05) is 0 Å². The highest BCUT2D eigenvalue weighted by Crippen LogP contribution is 2.30. The number of ether oxygens (including phenoxy) is 1. The van der Waals surface area contributed by atoms with Gasteiger partial charge in [0.25, 0.3) is 0 Å². The van der Waals surface area contributed by atoms with Crippen molar-refractivity contribution < 1.29 is 17.9 Å².